The molecule has 3 heterocycles. The van der Waals surface area contributed by atoms with Crippen molar-refractivity contribution in [3.8, 4) is 0 Å². The van der Waals surface area contributed by atoms with Gasteiger partial charge < -0.3 is 9.47 Å². The van der Waals surface area contributed by atoms with E-state index in [0.29, 0.717) is 30.2 Å². The van der Waals surface area contributed by atoms with Crippen LogP contribution in [0.15, 0.2) is 17.2 Å². The molecule has 116 valence electrons. The molecule has 0 saturated heterocycles. The second-order valence-corrected chi connectivity index (χ2v) is 5.70. The van der Waals surface area contributed by atoms with Gasteiger partial charge in [0.2, 0.25) is 5.91 Å². The Morgan fingerprint density at radius 3 is 2.64 bits per heavy atom. The van der Waals surface area contributed by atoms with E-state index in [1.165, 1.54) is 4.57 Å². The number of fused-ring (bicyclic) bond motifs is 1. The van der Waals surface area contributed by atoms with Crippen LogP contribution in [0.25, 0.3) is 0 Å². The molecule has 0 radical (unpaired) electrons. The fraction of sp³-hybridized carbons (Fsp3) is 0.467. The van der Waals surface area contributed by atoms with E-state index >= 15 is 0 Å². The van der Waals surface area contributed by atoms with Gasteiger partial charge in [-0.15, -0.1) is 0 Å². The molecule has 1 aliphatic rings. The molecule has 0 N–H and O–H groups in total. The van der Waals surface area contributed by atoms with Gasteiger partial charge in [0.25, 0.3) is 5.56 Å². The zero-order valence-electron chi connectivity index (χ0n) is 13.2. The van der Waals surface area contributed by atoms with E-state index in [-0.39, 0.29) is 17.5 Å². The van der Waals surface area contributed by atoms with Crippen LogP contribution in [0, 0.1) is 13.8 Å². The highest BCUT2D eigenvalue weighted by molar-refractivity contribution is 5.80. The Hall–Kier alpha value is -2.44. The molecule has 0 aromatic carbocycles. The van der Waals surface area contributed by atoms with Gasteiger partial charge in [0.05, 0.1) is 24.3 Å². The molecule has 0 spiro atoms. The molecule has 22 heavy (non-hydrogen) atoms. The van der Waals surface area contributed by atoms with E-state index < -0.39 is 0 Å². The molecule has 0 aliphatic carbocycles. The Kier molecular flexibility index (Phi) is 3.35. The van der Waals surface area contributed by atoms with Crippen LogP contribution < -0.4 is 5.56 Å². The van der Waals surface area contributed by atoms with E-state index in [4.69, 9.17) is 0 Å². The number of aromatic nitrogens is 4. The SMILES string of the molecule is Cc1nccn1[C@H](C)C(=O)N1Cc2nc(C)n(C)c(=O)c2C1. The molecular formula is C15H19N5O2. The third-order valence-electron chi connectivity index (χ3n) is 4.33. The van der Waals surface area contributed by atoms with E-state index in [2.05, 4.69) is 9.97 Å². The minimum absolute atomic E-state index is 0.0289. The zero-order valence-corrected chi connectivity index (χ0v) is 13.2. The topological polar surface area (TPSA) is 73.0 Å². The van der Waals surface area contributed by atoms with Gasteiger partial charge in [-0.3, -0.25) is 14.2 Å². The highest BCUT2D eigenvalue weighted by Gasteiger charge is 2.31. The molecule has 3 rings (SSSR count). The smallest absolute Gasteiger partial charge is 0.258 e. The predicted molar refractivity (Wildman–Crippen MR) is 80.1 cm³/mol. The van der Waals surface area contributed by atoms with Crippen LogP contribution in [0.1, 0.15) is 35.9 Å². The lowest BCUT2D eigenvalue weighted by atomic mass is 10.2. The summed E-state index contributed by atoms with van der Waals surface area (Å²) in [5.41, 5.74) is 1.27. The summed E-state index contributed by atoms with van der Waals surface area (Å²) in [6.45, 7) is 6.22. The molecule has 1 atom stereocenters. The summed E-state index contributed by atoms with van der Waals surface area (Å²) in [5.74, 6) is 1.43. The van der Waals surface area contributed by atoms with Crippen molar-refractivity contribution in [1.82, 2.24) is 24.0 Å². The number of rotatable bonds is 2. The maximum Gasteiger partial charge on any atom is 0.258 e. The molecule has 7 nitrogen and oxygen atoms in total. The third-order valence-corrected chi connectivity index (χ3v) is 4.33. The second-order valence-electron chi connectivity index (χ2n) is 5.70. The van der Waals surface area contributed by atoms with E-state index in [1.54, 1.807) is 31.3 Å². The molecule has 0 fully saturated rings. The number of carbonyl (C=O) groups excluding carboxylic acids is 1. The minimum Gasteiger partial charge on any atom is -0.330 e. The Morgan fingerprint density at radius 1 is 1.27 bits per heavy atom. The number of aryl methyl sites for hydroxylation is 2. The molecule has 2 aromatic rings. The Labute approximate surface area is 128 Å². The lowest BCUT2D eigenvalue weighted by Gasteiger charge is -2.21. The average molecular weight is 301 g/mol. The normalized spacial score (nSPS) is 15.0. The summed E-state index contributed by atoms with van der Waals surface area (Å²) < 4.78 is 3.36. The number of carbonyl (C=O) groups is 1. The number of hydrogen-bond acceptors (Lipinski definition) is 4. The number of imidazole rings is 1. The summed E-state index contributed by atoms with van der Waals surface area (Å²) in [6, 6.07) is -0.346. The summed E-state index contributed by atoms with van der Waals surface area (Å²) in [7, 11) is 1.70. The second kappa shape index (κ2) is 5.08. The van der Waals surface area contributed by atoms with Gasteiger partial charge in [-0.2, -0.15) is 0 Å². The highest BCUT2D eigenvalue weighted by atomic mass is 16.2. The zero-order chi connectivity index (χ0) is 16.0. The maximum atomic E-state index is 12.7. The van der Waals surface area contributed by atoms with Crippen LogP contribution in [-0.2, 0) is 24.9 Å². The first-order valence-electron chi connectivity index (χ1n) is 7.23. The van der Waals surface area contributed by atoms with Crippen LogP contribution in [0.3, 0.4) is 0 Å². The largest absolute Gasteiger partial charge is 0.330 e. The van der Waals surface area contributed by atoms with Gasteiger partial charge in [-0.1, -0.05) is 0 Å². The number of amides is 1. The summed E-state index contributed by atoms with van der Waals surface area (Å²) in [6.07, 6.45) is 3.47. The molecule has 0 saturated carbocycles. The van der Waals surface area contributed by atoms with E-state index in [0.717, 1.165) is 5.82 Å². The van der Waals surface area contributed by atoms with Crippen molar-refractivity contribution in [2.24, 2.45) is 7.05 Å². The van der Waals surface area contributed by atoms with Crippen molar-refractivity contribution in [3.63, 3.8) is 0 Å². The molecule has 1 amide bonds. The number of hydrogen-bond donors (Lipinski definition) is 0. The molecule has 0 bridgehead atoms. The predicted octanol–water partition coefficient (Wildman–Crippen LogP) is 0.697. The quantitative estimate of drug-likeness (QED) is 0.818. The highest BCUT2D eigenvalue weighted by Crippen LogP contribution is 2.22. The maximum absolute atomic E-state index is 12.7. The van der Waals surface area contributed by atoms with Crippen molar-refractivity contribution >= 4 is 5.91 Å². The van der Waals surface area contributed by atoms with Gasteiger partial charge >= 0.3 is 0 Å². The fourth-order valence-electron chi connectivity index (χ4n) is 2.86. The van der Waals surface area contributed by atoms with Crippen molar-refractivity contribution in [3.05, 3.63) is 45.7 Å². The lowest BCUT2D eigenvalue weighted by molar-refractivity contribution is -0.135. The Morgan fingerprint density at radius 2 is 2.00 bits per heavy atom. The van der Waals surface area contributed by atoms with Crippen LogP contribution >= 0.6 is 0 Å². The monoisotopic (exact) mass is 301 g/mol. The first kappa shape index (κ1) is 14.5. The van der Waals surface area contributed by atoms with Crippen LogP contribution in [0.2, 0.25) is 0 Å². The van der Waals surface area contributed by atoms with Crippen molar-refractivity contribution in [2.45, 2.75) is 39.9 Å². The van der Waals surface area contributed by atoms with Gasteiger partial charge in [0, 0.05) is 19.4 Å². The minimum atomic E-state index is -0.346. The standard InChI is InChI=1S/C15H19N5O2/c1-9(20-6-5-16-10(20)2)14(21)19-7-12-13(8-19)17-11(3)18(4)15(12)22/h5-6,9H,7-8H2,1-4H3/t9-/m1/s1. The summed E-state index contributed by atoms with van der Waals surface area (Å²) in [4.78, 5) is 35.2. The fourth-order valence-corrected chi connectivity index (χ4v) is 2.86. The van der Waals surface area contributed by atoms with Crippen LogP contribution in [-0.4, -0.2) is 29.9 Å². The lowest BCUT2D eigenvalue weighted by Crippen LogP contribution is -2.33. The molecule has 2 aromatic heterocycles. The van der Waals surface area contributed by atoms with Crippen molar-refractivity contribution < 1.29 is 4.79 Å². The van der Waals surface area contributed by atoms with Gasteiger partial charge in [-0.25, -0.2) is 9.97 Å². The van der Waals surface area contributed by atoms with Crippen LogP contribution in [0.5, 0.6) is 0 Å². The summed E-state index contributed by atoms with van der Waals surface area (Å²) in [5, 5.41) is 0. The molecular weight excluding hydrogens is 282 g/mol. The summed E-state index contributed by atoms with van der Waals surface area (Å²) >= 11 is 0. The first-order valence-corrected chi connectivity index (χ1v) is 7.23. The molecule has 7 heteroatoms. The van der Waals surface area contributed by atoms with E-state index in [9.17, 15) is 9.59 Å². The van der Waals surface area contributed by atoms with Crippen LogP contribution in [0.4, 0.5) is 0 Å². The van der Waals surface area contributed by atoms with Crippen molar-refractivity contribution in [1.29, 1.82) is 0 Å². The van der Waals surface area contributed by atoms with Gasteiger partial charge in [0.1, 0.15) is 17.7 Å². The van der Waals surface area contributed by atoms with Gasteiger partial charge in [-0.05, 0) is 20.8 Å². The average Bonchev–Trinajstić information content (AvgIpc) is 3.09. The van der Waals surface area contributed by atoms with Gasteiger partial charge in [0.15, 0.2) is 0 Å². The Bertz CT molecular complexity index is 805. The van der Waals surface area contributed by atoms with Crippen molar-refractivity contribution in [2.75, 3.05) is 0 Å². The first-order chi connectivity index (χ1) is 10.4. The molecule has 1 aliphatic heterocycles. The third kappa shape index (κ3) is 2.13. The Balaban J connectivity index is 1.87. The molecule has 0 unspecified atom stereocenters. The number of nitrogens with zero attached hydrogens (tertiary/aromatic N) is 5. The van der Waals surface area contributed by atoms with E-state index in [1.807, 2.05) is 18.4 Å².